The van der Waals surface area contributed by atoms with Gasteiger partial charge in [0.1, 0.15) is 0 Å². The van der Waals surface area contributed by atoms with E-state index in [1.54, 1.807) is 6.07 Å². The molecule has 54 valence electrons. The van der Waals surface area contributed by atoms with Gasteiger partial charge in [0.15, 0.2) is 0 Å². The molecular weight excluding hydrogens is 128 g/mol. The van der Waals surface area contributed by atoms with E-state index in [0.717, 1.165) is 0 Å². The van der Waals surface area contributed by atoms with E-state index in [1.807, 2.05) is 0 Å². The first-order valence-electron chi connectivity index (χ1n) is 2.57. The Labute approximate surface area is 60.7 Å². The summed E-state index contributed by atoms with van der Waals surface area (Å²) in [4.78, 5) is 9.86. The highest BCUT2D eigenvalue weighted by atomic mass is 16.1. The zero-order valence-corrected chi connectivity index (χ0v) is 5.92. The Morgan fingerprint density at radius 3 is 2.10 bits per heavy atom. The molecule has 10 heavy (non-hydrogen) atoms. The lowest BCUT2D eigenvalue weighted by molar-refractivity contribution is -0.118. The molecule has 0 saturated carbocycles. The molecule has 0 heterocycles. The topological polar surface area (TPSA) is 52.9 Å². The van der Waals surface area contributed by atoms with Crippen molar-refractivity contribution in [2.45, 2.75) is 6.92 Å². The van der Waals surface area contributed by atoms with Crippen LogP contribution in [0.3, 0.4) is 0 Å². The third kappa shape index (κ3) is 32.0. The molecule has 0 aromatic carbocycles. The number of nitrogens with one attached hydrogen (secondary N) is 1. The van der Waals surface area contributed by atoms with E-state index in [2.05, 4.69) is 18.5 Å². The van der Waals surface area contributed by atoms with Crippen LogP contribution in [0.25, 0.3) is 0 Å². The molecular formula is C7H10N2O. The van der Waals surface area contributed by atoms with E-state index in [-0.39, 0.29) is 5.91 Å². The van der Waals surface area contributed by atoms with E-state index in [1.165, 1.54) is 19.2 Å². The number of carbonyl (C=O) groups excluding carboxylic acids is 1. The molecule has 0 aliphatic heterocycles. The summed E-state index contributed by atoms with van der Waals surface area (Å²) in [5, 5.41) is 9.84. The van der Waals surface area contributed by atoms with Gasteiger partial charge in [0, 0.05) is 13.0 Å². The molecule has 3 heteroatoms. The average Bonchev–Trinajstić information content (AvgIpc) is 1.89. The maximum Gasteiger partial charge on any atom is 0.220 e. The van der Waals surface area contributed by atoms with Crippen LogP contribution in [0.15, 0.2) is 25.4 Å². The molecule has 0 aliphatic carbocycles. The van der Waals surface area contributed by atoms with Crippen molar-refractivity contribution in [1.29, 1.82) is 5.26 Å². The summed E-state index contributed by atoms with van der Waals surface area (Å²) < 4.78 is 0. The van der Waals surface area contributed by atoms with Crippen LogP contribution in [0.4, 0.5) is 0 Å². The van der Waals surface area contributed by atoms with Gasteiger partial charge in [-0.1, -0.05) is 13.2 Å². The van der Waals surface area contributed by atoms with E-state index >= 15 is 0 Å². The Kier molecular flexibility index (Phi) is 11.7. The second-order valence-electron chi connectivity index (χ2n) is 1.24. The third-order valence-electron chi connectivity index (χ3n) is 0.397. The normalized spacial score (nSPS) is 5.60. The summed E-state index contributed by atoms with van der Waals surface area (Å²) in [5.74, 6) is -0.0787. The number of hydrogen-bond acceptors (Lipinski definition) is 2. The summed E-state index contributed by atoms with van der Waals surface area (Å²) in [6.45, 7) is 7.82. The fraction of sp³-hybridized carbons (Fsp3) is 0.143. The van der Waals surface area contributed by atoms with E-state index in [9.17, 15) is 4.79 Å². The number of rotatable bonds is 1. The quantitative estimate of drug-likeness (QED) is 0.549. The lowest BCUT2D eigenvalue weighted by atomic mass is 10.7. The molecule has 0 bridgehead atoms. The second kappa shape index (κ2) is 10.4. The number of allylic oxidation sites excluding steroid dienone is 1. The molecule has 0 aliphatic rings. The molecule has 0 saturated heterocycles. The van der Waals surface area contributed by atoms with Crippen LogP contribution in [0.5, 0.6) is 0 Å². The molecule has 0 fully saturated rings. The number of amides is 1. The van der Waals surface area contributed by atoms with Gasteiger partial charge in [-0.3, -0.25) is 4.79 Å². The van der Waals surface area contributed by atoms with Gasteiger partial charge in [-0.2, -0.15) is 5.26 Å². The molecule has 3 nitrogen and oxygen atoms in total. The average molecular weight is 138 g/mol. The predicted molar refractivity (Wildman–Crippen MR) is 39.8 cm³/mol. The lowest BCUT2D eigenvalue weighted by Crippen LogP contribution is -2.10. The van der Waals surface area contributed by atoms with Crippen LogP contribution in [0, 0.1) is 11.3 Å². The van der Waals surface area contributed by atoms with Gasteiger partial charge in [-0.15, -0.1) is 0 Å². The lowest BCUT2D eigenvalue weighted by Gasteiger charge is -1.83. The SMILES string of the molecule is C=CC#N.C=CNC(C)=O. The first-order chi connectivity index (χ1) is 4.68. The Balaban J connectivity index is 0. The summed E-state index contributed by atoms with van der Waals surface area (Å²) in [7, 11) is 0. The molecule has 0 radical (unpaired) electrons. The fourth-order valence-corrected chi connectivity index (χ4v) is 0.144. The van der Waals surface area contributed by atoms with Gasteiger partial charge in [0.05, 0.1) is 6.07 Å². The van der Waals surface area contributed by atoms with Crippen LogP contribution < -0.4 is 5.32 Å². The minimum absolute atomic E-state index is 0.0787. The number of carbonyl (C=O) groups is 1. The van der Waals surface area contributed by atoms with E-state index < -0.39 is 0 Å². The maximum absolute atomic E-state index is 9.86. The monoisotopic (exact) mass is 138 g/mol. The molecule has 0 aromatic rings. The fourth-order valence-electron chi connectivity index (χ4n) is 0.144. The Bertz CT molecular complexity index is 155. The van der Waals surface area contributed by atoms with E-state index in [4.69, 9.17) is 5.26 Å². The molecule has 0 rings (SSSR count). The summed E-state index contributed by atoms with van der Waals surface area (Å²) in [6, 6.07) is 1.69. The molecule has 0 unspecified atom stereocenters. The van der Waals surface area contributed by atoms with Crippen molar-refractivity contribution in [2.75, 3.05) is 0 Å². The van der Waals surface area contributed by atoms with Gasteiger partial charge in [0.25, 0.3) is 0 Å². The minimum atomic E-state index is -0.0787. The van der Waals surface area contributed by atoms with Crippen molar-refractivity contribution in [3.63, 3.8) is 0 Å². The standard InChI is InChI=1S/C4H7NO.C3H3N/c1-3-5-4(2)6;1-2-3-4/h3H,1H2,2H3,(H,5,6);2H,1H2. The van der Waals surface area contributed by atoms with Crippen molar-refractivity contribution < 1.29 is 4.79 Å². The molecule has 0 aromatic heterocycles. The number of nitriles is 1. The smallest absolute Gasteiger partial charge is 0.220 e. The van der Waals surface area contributed by atoms with Crippen LogP contribution in [-0.2, 0) is 4.79 Å². The van der Waals surface area contributed by atoms with Gasteiger partial charge in [-0.05, 0) is 6.20 Å². The van der Waals surface area contributed by atoms with Crippen LogP contribution in [0.2, 0.25) is 0 Å². The van der Waals surface area contributed by atoms with Gasteiger partial charge >= 0.3 is 0 Å². The predicted octanol–water partition coefficient (Wildman–Crippen LogP) is 0.962. The zero-order chi connectivity index (χ0) is 8.41. The molecule has 0 atom stereocenters. The van der Waals surface area contributed by atoms with Crippen molar-refractivity contribution in [1.82, 2.24) is 5.32 Å². The largest absolute Gasteiger partial charge is 0.334 e. The van der Waals surface area contributed by atoms with Crippen molar-refractivity contribution in [3.8, 4) is 6.07 Å². The first-order valence-corrected chi connectivity index (χ1v) is 2.57. The van der Waals surface area contributed by atoms with Crippen molar-refractivity contribution in [2.24, 2.45) is 0 Å². The van der Waals surface area contributed by atoms with Crippen molar-refractivity contribution in [3.05, 3.63) is 25.4 Å². The Morgan fingerprint density at radius 2 is 2.10 bits per heavy atom. The highest BCUT2D eigenvalue weighted by Gasteiger charge is 1.75. The van der Waals surface area contributed by atoms with Gasteiger partial charge < -0.3 is 5.32 Å². The molecule has 1 N–H and O–H groups in total. The molecule has 0 spiro atoms. The minimum Gasteiger partial charge on any atom is -0.334 e. The third-order valence-corrected chi connectivity index (χ3v) is 0.397. The maximum atomic E-state index is 9.86. The Hall–Kier alpha value is -1.56. The Morgan fingerprint density at radius 1 is 1.70 bits per heavy atom. The summed E-state index contributed by atoms with van der Waals surface area (Å²) in [5.41, 5.74) is 0. The van der Waals surface area contributed by atoms with E-state index in [0.29, 0.717) is 0 Å². The van der Waals surface area contributed by atoms with Crippen LogP contribution in [0.1, 0.15) is 6.92 Å². The highest BCUT2D eigenvalue weighted by Crippen LogP contribution is 1.54. The number of nitrogens with zero attached hydrogens (tertiary/aromatic N) is 1. The first kappa shape index (κ1) is 11.3. The second-order valence-corrected chi connectivity index (χ2v) is 1.24. The van der Waals surface area contributed by atoms with Gasteiger partial charge in [-0.25, -0.2) is 0 Å². The van der Waals surface area contributed by atoms with Crippen molar-refractivity contribution >= 4 is 5.91 Å². The molecule has 1 amide bonds. The number of hydrogen-bond donors (Lipinski definition) is 1. The summed E-state index contributed by atoms with van der Waals surface area (Å²) >= 11 is 0. The highest BCUT2D eigenvalue weighted by molar-refractivity contribution is 5.73. The zero-order valence-electron chi connectivity index (χ0n) is 5.92. The van der Waals surface area contributed by atoms with Crippen LogP contribution >= 0.6 is 0 Å². The summed E-state index contributed by atoms with van der Waals surface area (Å²) in [6.07, 6.45) is 2.53. The van der Waals surface area contributed by atoms with Gasteiger partial charge in [0.2, 0.25) is 5.91 Å². The van der Waals surface area contributed by atoms with Crippen LogP contribution in [-0.4, -0.2) is 5.91 Å².